The van der Waals surface area contributed by atoms with Crippen molar-refractivity contribution in [3.05, 3.63) is 29.8 Å². The fourth-order valence-electron chi connectivity index (χ4n) is 2.20. The summed E-state index contributed by atoms with van der Waals surface area (Å²) in [5.41, 5.74) is 0.0261. The number of carbonyl (C=O) groups excluding carboxylic acids is 1. The SMILES string of the molecule is O=C(Cc1ccc(O)cc1)NCC1(C(=O)O)CCC1. The van der Waals surface area contributed by atoms with E-state index in [-0.39, 0.29) is 24.6 Å². The maximum atomic E-state index is 11.7. The third kappa shape index (κ3) is 3.05. The molecule has 0 spiro atoms. The van der Waals surface area contributed by atoms with Crippen LogP contribution in [0.25, 0.3) is 0 Å². The second-order valence-corrected chi connectivity index (χ2v) is 5.06. The van der Waals surface area contributed by atoms with E-state index in [0.717, 1.165) is 12.0 Å². The molecule has 0 atom stereocenters. The summed E-state index contributed by atoms with van der Waals surface area (Å²) in [6.45, 7) is 0.194. The number of aliphatic carboxylic acids is 1. The van der Waals surface area contributed by atoms with E-state index in [0.29, 0.717) is 12.8 Å². The molecule has 3 N–H and O–H groups in total. The van der Waals surface area contributed by atoms with Crippen molar-refractivity contribution >= 4 is 11.9 Å². The van der Waals surface area contributed by atoms with Gasteiger partial charge in [0.05, 0.1) is 11.8 Å². The van der Waals surface area contributed by atoms with Crippen LogP contribution in [0.3, 0.4) is 0 Å². The number of hydrogen-bond donors (Lipinski definition) is 3. The largest absolute Gasteiger partial charge is 0.508 e. The first-order valence-electron chi connectivity index (χ1n) is 6.30. The molecule has 5 nitrogen and oxygen atoms in total. The number of nitrogens with one attached hydrogen (secondary N) is 1. The van der Waals surface area contributed by atoms with Gasteiger partial charge in [-0.2, -0.15) is 0 Å². The second-order valence-electron chi connectivity index (χ2n) is 5.06. The normalized spacial score (nSPS) is 16.4. The Balaban J connectivity index is 1.85. The van der Waals surface area contributed by atoms with Gasteiger partial charge in [0.1, 0.15) is 5.75 Å². The lowest BCUT2D eigenvalue weighted by atomic mass is 9.69. The van der Waals surface area contributed by atoms with Crippen molar-refractivity contribution in [1.82, 2.24) is 5.32 Å². The minimum Gasteiger partial charge on any atom is -0.508 e. The zero-order valence-corrected chi connectivity index (χ0v) is 10.6. The summed E-state index contributed by atoms with van der Waals surface area (Å²) in [6, 6.07) is 6.39. The number of hydrogen-bond acceptors (Lipinski definition) is 3. The summed E-state index contributed by atoms with van der Waals surface area (Å²) in [4.78, 5) is 22.9. The second kappa shape index (κ2) is 5.30. The first-order valence-corrected chi connectivity index (χ1v) is 6.30. The van der Waals surface area contributed by atoms with Gasteiger partial charge in [0, 0.05) is 6.54 Å². The molecule has 0 heterocycles. The van der Waals surface area contributed by atoms with Crippen molar-refractivity contribution < 1.29 is 19.8 Å². The van der Waals surface area contributed by atoms with Crippen LogP contribution >= 0.6 is 0 Å². The molecule has 2 rings (SSSR count). The Kier molecular flexibility index (Phi) is 3.74. The minimum atomic E-state index is -0.830. The van der Waals surface area contributed by atoms with Crippen LogP contribution in [-0.4, -0.2) is 28.6 Å². The van der Waals surface area contributed by atoms with E-state index < -0.39 is 11.4 Å². The molecule has 19 heavy (non-hydrogen) atoms. The molecular weight excluding hydrogens is 246 g/mol. The van der Waals surface area contributed by atoms with Gasteiger partial charge in [0.2, 0.25) is 5.91 Å². The van der Waals surface area contributed by atoms with Crippen LogP contribution in [0.4, 0.5) is 0 Å². The molecular formula is C14H17NO4. The van der Waals surface area contributed by atoms with E-state index in [9.17, 15) is 9.59 Å². The van der Waals surface area contributed by atoms with Crippen molar-refractivity contribution in [2.75, 3.05) is 6.54 Å². The number of carboxylic acids is 1. The Morgan fingerprint density at radius 1 is 1.21 bits per heavy atom. The molecule has 0 radical (unpaired) electrons. The number of benzene rings is 1. The van der Waals surface area contributed by atoms with Crippen LogP contribution in [0.5, 0.6) is 5.75 Å². The molecule has 0 bridgehead atoms. The Bertz CT molecular complexity index is 477. The Morgan fingerprint density at radius 3 is 2.32 bits per heavy atom. The third-order valence-corrected chi connectivity index (χ3v) is 3.69. The molecule has 1 fully saturated rings. The molecule has 1 aliphatic carbocycles. The lowest BCUT2D eigenvalue weighted by Crippen LogP contribution is -2.47. The smallest absolute Gasteiger partial charge is 0.311 e. The topological polar surface area (TPSA) is 86.6 Å². The molecule has 1 amide bonds. The molecule has 1 aromatic carbocycles. The van der Waals surface area contributed by atoms with Gasteiger partial charge in [-0.1, -0.05) is 18.6 Å². The lowest BCUT2D eigenvalue weighted by Gasteiger charge is -2.37. The molecule has 0 aromatic heterocycles. The predicted octanol–water partition coefficient (Wildman–Crippen LogP) is 1.31. The highest BCUT2D eigenvalue weighted by Crippen LogP contribution is 2.40. The minimum absolute atomic E-state index is 0.156. The fraction of sp³-hybridized carbons (Fsp3) is 0.429. The van der Waals surface area contributed by atoms with Crippen LogP contribution in [0.2, 0.25) is 0 Å². The number of carbonyl (C=O) groups is 2. The average Bonchev–Trinajstić information content (AvgIpc) is 2.30. The molecule has 0 aliphatic heterocycles. The molecule has 1 aromatic rings. The van der Waals surface area contributed by atoms with Gasteiger partial charge in [-0.3, -0.25) is 9.59 Å². The van der Waals surface area contributed by atoms with E-state index >= 15 is 0 Å². The van der Waals surface area contributed by atoms with Crippen molar-refractivity contribution in [2.24, 2.45) is 5.41 Å². The van der Waals surface area contributed by atoms with Crippen LogP contribution < -0.4 is 5.32 Å². The van der Waals surface area contributed by atoms with E-state index in [1.807, 2.05) is 0 Å². The number of aromatic hydroxyl groups is 1. The summed E-state index contributed by atoms with van der Waals surface area (Å²) in [6.07, 6.45) is 2.35. The Hall–Kier alpha value is -2.04. The lowest BCUT2D eigenvalue weighted by molar-refractivity contribution is -0.154. The molecule has 0 unspecified atom stereocenters. The van der Waals surface area contributed by atoms with Crippen molar-refractivity contribution in [2.45, 2.75) is 25.7 Å². The number of phenolic OH excluding ortho intramolecular Hbond substituents is 1. The van der Waals surface area contributed by atoms with Crippen LogP contribution in [0.15, 0.2) is 24.3 Å². The van der Waals surface area contributed by atoms with Crippen molar-refractivity contribution in [3.8, 4) is 5.75 Å². The molecule has 1 aliphatic rings. The maximum Gasteiger partial charge on any atom is 0.311 e. The van der Waals surface area contributed by atoms with E-state index in [1.54, 1.807) is 12.1 Å². The highest BCUT2D eigenvalue weighted by molar-refractivity contribution is 5.81. The number of carboxylic acid groups (broad SMARTS) is 1. The van der Waals surface area contributed by atoms with Gasteiger partial charge in [0.25, 0.3) is 0 Å². The number of amides is 1. The first kappa shape index (κ1) is 13.4. The predicted molar refractivity (Wildman–Crippen MR) is 68.7 cm³/mol. The highest BCUT2D eigenvalue weighted by atomic mass is 16.4. The van der Waals surface area contributed by atoms with Gasteiger partial charge >= 0.3 is 5.97 Å². The van der Waals surface area contributed by atoms with Gasteiger partial charge < -0.3 is 15.5 Å². The summed E-state index contributed by atoms with van der Waals surface area (Å²) >= 11 is 0. The van der Waals surface area contributed by atoms with E-state index in [1.165, 1.54) is 12.1 Å². The molecule has 102 valence electrons. The third-order valence-electron chi connectivity index (χ3n) is 3.69. The molecule has 5 heteroatoms. The summed E-state index contributed by atoms with van der Waals surface area (Å²) < 4.78 is 0. The van der Waals surface area contributed by atoms with Crippen molar-refractivity contribution in [3.63, 3.8) is 0 Å². The summed E-state index contributed by atoms with van der Waals surface area (Å²) in [5, 5.41) is 21.0. The van der Waals surface area contributed by atoms with Crippen molar-refractivity contribution in [1.29, 1.82) is 0 Å². The van der Waals surface area contributed by atoms with Crippen LogP contribution in [0, 0.1) is 5.41 Å². The van der Waals surface area contributed by atoms with E-state index in [4.69, 9.17) is 10.2 Å². The fourth-order valence-corrected chi connectivity index (χ4v) is 2.20. The van der Waals surface area contributed by atoms with Crippen LogP contribution in [0.1, 0.15) is 24.8 Å². The highest BCUT2D eigenvalue weighted by Gasteiger charge is 2.44. The number of rotatable bonds is 5. The number of phenols is 1. The molecule has 1 saturated carbocycles. The summed E-state index contributed by atoms with van der Waals surface area (Å²) in [5.74, 6) is -0.870. The zero-order valence-electron chi connectivity index (χ0n) is 10.6. The average molecular weight is 263 g/mol. The van der Waals surface area contributed by atoms with E-state index in [2.05, 4.69) is 5.32 Å². The Labute approximate surface area is 111 Å². The standard InChI is InChI=1S/C14H17NO4/c16-11-4-2-10(3-5-11)8-12(17)15-9-14(13(18)19)6-1-7-14/h2-5,16H,1,6-9H2,(H,15,17)(H,18,19). The summed E-state index contributed by atoms with van der Waals surface area (Å²) in [7, 11) is 0. The van der Waals surface area contributed by atoms with Crippen LogP contribution in [-0.2, 0) is 16.0 Å². The zero-order chi connectivity index (χ0) is 13.9. The quantitative estimate of drug-likeness (QED) is 0.747. The Morgan fingerprint density at radius 2 is 1.84 bits per heavy atom. The first-order chi connectivity index (χ1) is 9.02. The van der Waals surface area contributed by atoms with Gasteiger partial charge in [-0.15, -0.1) is 0 Å². The van der Waals surface area contributed by atoms with Gasteiger partial charge in [-0.25, -0.2) is 0 Å². The maximum absolute atomic E-state index is 11.7. The van der Waals surface area contributed by atoms with Gasteiger partial charge in [-0.05, 0) is 30.5 Å². The monoisotopic (exact) mass is 263 g/mol. The molecule has 0 saturated heterocycles. The van der Waals surface area contributed by atoms with Gasteiger partial charge in [0.15, 0.2) is 0 Å².